The van der Waals surface area contributed by atoms with E-state index in [-0.39, 0.29) is 17.6 Å². The molecule has 0 aromatic heterocycles. The fourth-order valence-corrected chi connectivity index (χ4v) is 2.29. The third-order valence-electron chi connectivity index (χ3n) is 3.87. The predicted molar refractivity (Wildman–Crippen MR) is 106 cm³/mol. The van der Waals surface area contributed by atoms with E-state index in [9.17, 15) is 9.59 Å². The Morgan fingerprint density at radius 3 is 1.92 bits per heavy atom. The summed E-state index contributed by atoms with van der Waals surface area (Å²) in [6.45, 7) is 14.9. The SMILES string of the molecule is CCc1ccc(C#CC(C)(C(=O)CC(C)(C)C)C(=O)OC(C)(C)C)cc1. The monoisotopic (exact) mass is 356 g/mol. The molecular formula is C23H32O3. The van der Waals surface area contributed by atoms with Crippen LogP contribution in [0.2, 0.25) is 0 Å². The molecule has 0 saturated heterocycles. The molecule has 3 nitrogen and oxygen atoms in total. The second-order valence-corrected chi connectivity index (χ2v) is 9.09. The van der Waals surface area contributed by atoms with E-state index in [4.69, 9.17) is 4.74 Å². The second-order valence-electron chi connectivity index (χ2n) is 9.09. The molecule has 1 unspecified atom stereocenters. The predicted octanol–water partition coefficient (Wildman–Crippen LogP) is 4.95. The Bertz CT molecular complexity index is 673. The van der Waals surface area contributed by atoms with Crippen molar-refractivity contribution in [3.05, 3.63) is 35.4 Å². The fraction of sp³-hybridized carbons (Fsp3) is 0.565. The van der Waals surface area contributed by atoms with Gasteiger partial charge in [-0.15, -0.1) is 0 Å². The third-order valence-corrected chi connectivity index (χ3v) is 3.87. The van der Waals surface area contributed by atoms with E-state index in [0.29, 0.717) is 0 Å². The van der Waals surface area contributed by atoms with Crippen molar-refractivity contribution in [2.45, 2.75) is 73.8 Å². The van der Waals surface area contributed by atoms with Crippen molar-refractivity contribution in [2.24, 2.45) is 10.8 Å². The van der Waals surface area contributed by atoms with E-state index in [0.717, 1.165) is 12.0 Å². The molecule has 0 N–H and O–H groups in total. The number of ketones is 1. The lowest BCUT2D eigenvalue weighted by Gasteiger charge is -2.29. The van der Waals surface area contributed by atoms with Crippen LogP contribution in [0, 0.1) is 22.7 Å². The molecule has 1 atom stereocenters. The van der Waals surface area contributed by atoms with Gasteiger partial charge in [0.15, 0.2) is 11.2 Å². The van der Waals surface area contributed by atoms with E-state index in [1.165, 1.54) is 5.56 Å². The minimum absolute atomic E-state index is 0.211. The first-order valence-electron chi connectivity index (χ1n) is 9.16. The van der Waals surface area contributed by atoms with Gasteiger partial charge < -0.3 is 4.74 Å². The molecule has 0 bridgehead atoms. The average molecular weight is 357 g/mol. The summed E-state index contributed by atoms with van der Waals surface area (Å²) in [5.41, 5.74) is -0.394. The van der Waals surface area contributed by atoms with Crippen molar-refractivity contribution < 1.29 is 14.3 Å². The van der Waals surface area contributed by atoms with Crippen molar-refractivity contribution >= 4 is 11.8 Å². The van der Waals surface area contributed by atoms with Crippen LogP contribution in [0.25, 0.3) is 0 Å². The van der Waals surface area contributed by atoms with E-state index in [2.05, 4.69) is 18.8 Å². The average Bonchev–Trinajstić information content (AvgIpc) is 2.49. The normalized spacial score (nSPS) is 14.0. The Labute approximate surface area is 158 Å². The summed E-state index contributed by atoms with van der Waals surface area (Å²) in [4.78, 5) is 25.7. The Morgan fingerprint density at radius 2 is 1.50 bits per heavy atom. The van der Waals surface area contributed by atoms with Gasteiger partial charge in [0, 0.05) is 12.0 Å². The summed E-state index contributed by atoms with van der Waals surface area (Å²) in [6, 6.07) is 7.84. The number of benzene rings is 1. The van der Waals surface area contributed by atoms with Gasteiger partial charge in [-0.2, -0.15) is 0 Å². The Kier molecular flexibility index (Phi) is 6.82. The van der Waals surface area contributed by atoms with Crippen molar-refractivity contribution in [1.29, 1.82) is 0 Å². The van der Waals surface area contributed by atoms with Crippen LogP contribution in [-0.4, -0.2) is 17.4 Å². The quantitative estimate of drug-likeness (QED) is 0.435. The van der Waals surface area contributed by atoms with Gasteiger partial charge in [-0.05, 0) is 57.2 Å². The summed E-state index contributed by atoms with van der Waals surface area (Å²) in [7, 11) is 0. The topological polar surface area (TPSA) is 43.4 Å². The molecule has 1 aromatic carbocycles. The summed E-state index contributed by atoms with van der Waals surface area (Å²) >= 11 is 0. The lowest BCUT2D eigenvalue weighted by molar-refractivity contribution is -0.165. The maximum Gasteiger partial charge on any atom is 0.332 e. The van der Waals surface area contributed by atoms with Gasteiger partial charge in [0.1, 0.15) is 5.60 Å². The smallest absolute Gasteiger partial charge is 0.332 e. The van der Waals surface area contributed by atoms with Gasteiger partial charge in [0.05, 0.1) is 0 Å². The van der Waals surface area contributed by atoms with Crippen LogP contribution in [0.3, 0.4) is 0 Å². The molecule has 0 saturated carbocycles. The minimum atomic E-state index is -1.48. The maximum absolute atomic E-state index is 12.9. The standard InChI is InChI=1S/C23H32O3/c1-9-17-10-12-18(13-11-17)14-15-23(8,19(24)16-21(2,3)4)20(25)26-22(5,6)7/h10-13H,9,16H2,1-8H3. The molecule has 0 aliphatic rings. The number of Topliss-reactive ketones (excluding diaryl/α,β-unsaturated/α-hetero) is 1. The maximum atomic E-state index is 12.9. The lowest BCUT2D eigenvalue weighted by atomic mass is 9.77. The first kappa shape index (κ1) is 22.0. The molecule has 1 rings (SSSR count). The number of rotatable bonds is 4. The van der Waals surface area contributed by atoms with Crippen LogP contribution in [0.1, 0.15) is 72.9 Å². The van der Waals surface area contributed by atoms with E-state index in [1.807, 2.05) is 45.0 Å². The van der Waals surface area contributed by atoms with E-state index < -0.39 is 17.0 Å². The summed E-state index contributed by atoms with van der Waals surface area (Å²) < 4.78 is 5.50. The number of hydrogen-bond donors (Lipinski definition) is 0. The molecule has 1 aromatic rings. The molecule has 26 heavy (non-hydrogen) atoms. The highest BCUT2D eigenvalue weighted by atomic mass is 16.6. The number of hydrogen-bond acceptors (Lipinski definition) is 3. The Morgan fingerprint density at radius 1 is 0.962 bits per heavy atom. The van der Waals surface area contributed by atoms with Crippen LogP contribution in [-0.2, 0) is 20.7 Å². The van der Waals surface area contributed by atoms with Crippen molar-refractivity contribution in [3.8, 4) is 11.8 Å². The molecular weight excluding hydrogens is 324 g/mol. The molecule has 142 valence electrons. The number of ether oxygens (including phenoxy) is 1. The summed E-state index contributed by atoms with van der Waals surface area (Å²) in [6.07, 6.45) is 1.21. The second kappa shape index (κ2) is 8.08. The van der Waals surface area contributed by atoms with E-state index >= 15 is 0 Å². The largest absolute Gasteiger partial charge is 0.459 e. The van der Waals surface area contributed by atoms with Gasteiger partial charge in [0.2, 0.25) is 0 Å². The zero-order valence-electron chi connectivity index (χ0n) is 17.4. The highest BCUT2D eigenvalue weighted by molar-refractivity contribution is 6.07. The molecule has 0 amide bonds. The molecule has 0 aliphatic heterocycles. The number of carbonyl (C=O) groups is 2. The van der Waals surface area contributed by atoms with Crippen LogP contribution >= 0.6 is 0 Å². The zero-order valence-corrected chi connectivity index (χ0v) is 17.4. The summed E-state index contributed by atoms with van der Waals surface area (Å²) in [5, 5.41) is 0. The van der Waals surface area contributed by atoms with Gasteiger partial charge in [-0.3, -0.25) is 4.79 Å². The van der Waals surface area contributed by atoms with Gasteiger partial charge in [-0.25, -0.2) is 4.79 Å². The van der Waals surface area contributed by atoms with Crippen molar-refractivity contribution in [1.82, 2.24) is 0 Å². The minimum Gasteiger partial charge on any atom is -0.459 e. The van der Waals surface area contributed by atoms with Crippen molar-refractivity contribution in [3.63, 3.8) is 0 Å². The highest BCUT2D eigenvalue weighted by Gasteiger charge is 2.43. The molecule has 0 aliphatic carbocycles. The highest BCUT2D eigenvalue weighted by Crippen LogP contribution is 2.30. The first-order valence-corrected chi connectivity index (χ1v) is 9.16. The zero-order chi connectivity index (χ0) is 20.2. The summed E-state index contributed by atoms with van der Waals surface area (Å²) in [5.74, 6) is 5.12. The Balaban J connectivity index is 3.25. The number of carbonyl (C=O) groups excluding carboxylic acids is 2. The van der Waals surface area contributed by atoms with E-state index in [1.54, 1.807) is 27.7 Å². The molecule has 0 radical (unpaired) electrons. The van der Waals surface area contributed by atoms with Crippen LogP contribution in [0.5, 0.6) is 0 Å². The fourth-order valence-electron chi connectivity index (χ4n) is 2.29. The van der Waals surface area contributed by atoms with Crippen LogP contribution in [0.4, 0.5) is 0 Å². The molecule has 3 heteroatoms. The number of esters is 1. The van der Waals surface area contributed by atoms with Gasteiger partial charge in [0.25, 0.3) is 0 Å². The molecule has 0 spiro atoms. The molecule has 0 heterocycles. The molecule has 0 fully saturated rings. The lowest BCUT2D eigenvalue weighted by Crippen LogP contribution is -2.41. The van der Waals surface area contributed by atoms with Gasteiger partial charge in [-0.1, -0.05) is 51.7 Å². The number of aryl methyl sites for hydroxylation is 1. The van der Waals surface area contributed by atoms with Crippen LogP contribution in [0.15, 0.2) is 24.3 Å². The van der Waals surface area contributed by atoms with Crippen molar-refractivity contribution in [2.75, 3.05) is 0 Å². The first-order chi connectivity index (χ1) is 11.8. The van der Waals surface area contributed by atoms with Gasteiger partial charge >= 0.3 is 5.97 Å². The third kappa shape index (κ3) is 6.67. The van der Waals surface area contributed by atoms with Crippen LogP contribution < -0.4 is 0 Å². The Hall–Kier alpha value is -2.08.